The fourth-order valence-corrected chi connectivity index (χ4v) is 4.11. The highest BCUT2D eigenvalue weighted by Gasteiger charge is 2.28. The molecule has 0 aliphatic carbocycles. The number of hydrogen-bond donors (Lipinski definition) is 2. The predicted molar refractivity (Wildman–Crippen MR) is 109 cm³/mol. The molecule has 3 heterocycles. The number of nitrogens with zero attached hydrogens (tertiary/aromatic N) is 4. The Balaban J connectivity index is 1.34. The molecule has 1 aromatic carbocycles. The highest BCUT2D eigenvalue weighted by Crippen LogP contribution is 2.18. The molecule has 2 unspecified atom stereocenters. The van der Waals surface area contributed by atoms with E-state index in [9.17, 15) is 9.59 Å². The summed E-state index contributed by atoms with van der Waals surface area (Å²) in [6.07, 6.45) is 5.58. The van der Waals surface area contributed by atoms with Crippen molar-refractivity contribution in [1.82, 2.24) is 30.5 Å². The number of aryl methyl sites for hydroxylation is 1. The Morgan fingerprint density at radius 3 is 2.97 bits per heavy atom. The van der Waals surface area contributed by atoms with Gasteiger partial charge in [0.25, 0.3) is 5.91 Å². The van der Waals surface area contributed by atoms with Crippen molar-refractivity contribution in [1.29, 1.82) is 0 Å². The second-order valence-corrected chi connectivity index (χ2v) is 8.04. The average molecular weight is 396 g/mol. The Kier molecular flexibility index (Phi) is 5.89. The number of carbonyl (C=O) groups excluding carboxylic acids is 2. The molecule has 154 valence electrons. The van der Waals surface area contributed by atoms with E-state index in [1.54, 1.807) is 10.9 Å². The summed E-state index contributed by atoms with van der Waals surface area (Å²) < 4.78 is 1.64. The topological polar surface area (TPSA) is 92.2 Å². The maximum atomic E-state index is 12.9. The van der Waals surface area contributed by atoms with Gasteiger partial charge < -0.3 is 15.5 Å². The largest absolute Gasteiger partial charge is 0.354 e. The molecule has 8 nitrogen and oxygen atoms in total. The third kappa shape index (κ3) is 4.64. The molecule has 0 saturated carbocycles. The first-order valence-corrected chi connectivity index (χ1v) is 10.4. The van der Waals surface area contributed by atoms with Crippen molar-refractivity contribution in [3.8, 4) is 5.69 Å². The lowest BCUT2D eigenvalue weighted by Gasteiger charge is -2.32. The van der Waals surface area contributed by atoms with Gasteiger partial charge in [-0.3, -0.25) is 9.59 Å². The summed E-state index contributed by atoms with van der Waals surface area (Å²) in [6, 6.07) is 7.85. The van der Waals surface area contributed by atoms with E-state index in [1.807, 2.05) is 36.1 Å². The van der Waals surface area contributed by atoms with Gasteiger partial charge in [-0.05, 0) is 62.8 Å². The van der Waals surface area contributed by atoms with Gasteiger partial charge in [0.15, 0.2) is 5.69 Å². The Morgan fingerprint density at radius 2 is 2.17 bits per heavy atom. The normalized spacial score (nSPS) is 21.9. The third-order valence-electron chi connectivity index (χ3n) is 5.73. The monoisotopic (exact) mass is 396 g/mol. The van der Waals surface area contributed by atoms with Crippen LogP contribution in [0.1, 0.15) is 41.7 Å². The van der Waals surface area contributed by atoms with E-state index in [4.69, 9.17) is 0 Å². The third-order valence-corrected chi connectivity index (χ3v) is 5.73. The van der Waals surface area contributed by atoms with Crippen molar-refractivity contribution in [2.75, 3.05) is 26.2 Å². The van der Waals surface area contributed by atoms with Gasteiger partial charge in [-0.1, -0.05) is 17.3 Å². The number of aromatic nitrogens is 3. The summed E-state index contributed by atoms with van der Waals surface area (Å²) >= 11 is 0. The minimum Gasteiger partial charge on any atom is -0.354 e. The molecule has 2 aliphatic heterocycles. The summed E-state index contributed by atoms with van der Waals surface area (Å²) in [4.78, 5) is 27.0. The molecule has 2 N–H and O–H groups in total. The number of rotatable bonds is 5. The molecule has 0 spiro atoms. The summed E-state index contributed by atoms with van der Waals surface area (Å²) in [6.45, 7) is 4.88. The van der Waals surface area contributed by atoms with Gasteiger partial charge in [-0.25, -0.2) is 4.68 Å². The van der Waals surface area contributed by atoms with Crippen LogP contribution in [0.5, 0.6) is 0 Å². The van der Waals surface area contributed by atoms with Crippen molar-refractivity contribution in [2.24, 2.45) is 5.92 Å². The summed E-state index contributed by atoms with van der Waals surface area (Å²) in [7, 11) is 0. The van der Waals surface area contributed by atoms with Crippen molar-refractivity contribution in [3.05, 3.63) is 41.7 Å². The number of hydrogen-bond acceptors (Lipinski definition) is 5. The second kappa shape index (κ2) is 8.73. The molecule has 1 aromatic heterocycles. The molecule has 29 heavy (non-hydrogen) atoms. The molecular weight excluding hydrogens is 368 g/mol. The van der Waals surface area contributed by atoms with Crippen LogP contribution in [0.4, 0.5) is 0 Å². The van der Waals surface area contributed by atoms with Crippen molar-refractivity contribution in [2.45, 2.75) is 38.6 Å². The van der Waals surface area contributed by atoms with Crippen LogP contribution in [0.3, 0.4) is 0 Å². The van der Waals surface area contributed by atoms with E-state index >= 15 is 0 Å². The smallest absolute Gasteiger partial charge is 0.276 e. The van der Waals surface area contributed by atoms with Gasteiger partial charge in [0.2, 0.25) is 5.91 Å². The van der Waals surface area contributed by atoms with Gasteiger partial charge in [0, 0.05) is 19.6 Å². The molecule has 0 radical (unpaired) electrons. The molecule has 2 aliphatic rings. The van der Waals surface area contributed by atoms with E-state index in [0.29, 0.717) is 25.3 Å². The molecular formula is C21H28N6O2. The highest BCUT2D eigenvalue weighted by atomic mass is 16.2. The number of piperidine rings is 1. The molecule has 8 heteroatoms. The molecule has 2 fully saturated rings. The van der Waals surface area contributed by atoms with Crippen LogP contribution in [0.25, 0.3) is 5.69 Å². The van der Waals surface area contributed by atoms with Crippen molar-refractivity contribution >= 4 is 11.8 Å². The average Bonchev–Trinajstić information content (AvgIpc) is 3.44. The Hall–Kier alpha value is -2.74. The number of carbonyl (C=O) groups is 2. The van der Waals surface area contributed by atoms with Crippen molar-refractivity contribution < 1.29 is 9.59 Å². The van der Waals surface area contributed by atoms with E-state index in [0.717, 1.165) is 43.5 Å². The molecule has 4 rings (SSSR count). The lowest BCUT2D eigenvalue weighted by atomic mass is 9.97. The van der Waals surface area contributed by atoms with E-state index < -0.39 is 0 Å². The molecule has 2 aromatic rings. The number of amides is 2. The first kappa shape index (κ1) is 19.6. The molecule has 2 atom stereocenters. The molecule has 2 saturated heterocycles. The number of likely N-dealkylation sites (tertiary alicyclic amines) is 1. The van der Waals surface area contributed by atoms with Gasteiger partial charge >= 0.3 is 0 Å². The van der Waals surface area contributed by atoms with Gasteiger partial charge in [0.1, 0.15) is 0 Å². The zero-order valence-corrected chi connectivity index (χ0v) is 16.8. The lowest BCUT2D eigenvalue weighted by Crippen LogP contribution is -2.46. The quantitative estimate of drug-likeness (QED) is 0.795. The second-order valence-electron chi connectivity index (χ2n) is 8.04. The van der Waals surface area contributed by atoms with Crippen LogP contribution < -0.4 is 10.6 Å². The van der Waals surface area contributed by atoms with Crippen LogP contribution >= 0.6 is 0 Å². The van der Waals surface area contributed by atoms with Gasteiger partial charge in [-0.15, -0.1) is 5.10 Å². The summed E-state index contributed by atoms with van der Waals surface area (Å²) in [5.74, 6) is 0.245. The van der Waals surface area contributed by atoms with Crippen LogP contribution in [-0.2, 0) is 4.79 Å². The fraction of sp³-hybridized carbons (Fsp3) is 0.524. The maximum Gasteiger partial charge on any atom is 0.276 e. The van der Waals surface area contributed by atoms with Gasteiger partial charge in [0.05, 0.1) is 17.9 Å². The van der Waals surface area contributed by atoms with Crippen LogP contribution in [0.15, 0.2) is 30.5 Å². The minimum atomic E-state index is -0.0996. The highest BCUT2D eigenvalue weighted by molar-refractivity contribution is 5.92. The first-order valence-electron chi connectivity index (χ1n) is 10.4. The SMILES string of the molecule is Cc1cccc(-n2cc(C(=O)N3CCCC(CNC(=O)C4CCCN4)C3)nn2)c1. The number of benzene rings is 1. The van der Waals surface area contributed by atoms with E-state index in [2.05, 4.69) is 20.9 Å². The summed E-state index contributed by atoms with van der Waals surface area (Å²) in [5, 5.41) is 14.5. The van der Waals surface area contributed by atoms with Gasteiger partial charge in [-0.2, -0.15) is 0 Å². The lowest BCUT2D eigenvalue weighted by molar-refractivity contribution is -0.123. The van der Waals surface area contributed by atoms with Crippen LogP contribution in [0.2, 0.25) is 0 Å². The first-order chi connectivity index (χ1) is 14.1. The Bertz CT molecular complexity index is 874. The minimum absolute atomic E-state index is 0.0620. The zero-order chi connectivity index (χ0) is 20.2. The summed E-state index contributed by atoms with van der Waals surface area (Å²) in [5.41, 5.74) is 2.36. The standard InChI is InChI=1S/C21H28N6O2/c1-15-5-2-7-17(11-15)27-14-19(24-25-27)21(29)26-10-4-6-16(13-26)12-23-20(28)18-8-3-9-22-18/h2,5,7,11,14,16,18,22H,3-4,6,8-10,12-13H2,1H3,(H,23,28). The Morgan fingerprint density at radius 1 is 1.28 bits per heavy atom. The maximum absolute atomic E-state index is 12.9. The Labute approximate surface area is 170 Å². The zero-order valence-electron chi connectivity index (χ0n) is 16.8. The fourth-order valence-electron chi connectivity index (χ4n) is 4.11. The predicted octanol–water partition coefficient (Wildman–Crippen LogP) is 1.30. The van der Waals surface area contributed by atoms with E-state index in [1.165, 1.54) is 0 Å². The van der Waals surface area contributed by atoms with Crippen LogP contribution in [-0.4, -0.2) is 63.9 Å². The molecule has 2 amide bonds. The van der Waals surface area contributed by atoms with E-state index in [-0.39, 0.29) is 23.8 Å². The van der Waals surface area contributed by atoms with Crippen molar-refractivity contribution in [3.63, 3.8) is 0 Å². The molecule has 0 bridgehead atoms. The van der Waals surface area contributed by atoms with Crippen LogP contribution in [0, 0.1) is 12.8 Å². The number of nitrogens with one attached hydrogen (secondary N) is 2.